The molecule has 1 aromatic rings. The summed E-state index contributed by atoms with van der Waals surface area (Å²) in [5.41, 5.74) is 0.439. The van der Waals surface area contributed by atoms with Gasteiger partial charge in [-0.25, -0.2) is 4.68 Å². The van der Waals surface area contributed by atoms with Gasteiger partial charge < -0.3 is 5.32 Å². The summed E-state index contributed by atoms with van der Waals surface area (Å²) in [6.45, 7) is 3.79. The summed E-state index contributed by atoms with van der Waals surface area (Å²) in [6.07, 6.45) is 5.23. The van der Waals surface area contributed by atoms with Gasteiger partial charge in [-0.2, -0.15) is 5.10 Å². The van der Waals surface area contributed by atoms with E-state index in [1.165, 1.54) is 19.3 Å². The fourth-order valence-electron chi connectivity index (χ4n) is 2.22. The van der Waals surface area contributed by atoms with E-state index >= 15 is 0 Å². The van der Waals surface area contributed by atoms with Crippen molar-refractivity contribution in [1.29, 1.82) is 0 Å². The highest BCUT2D eigenvalue weighted by Crippen LogP contribution is 2.37. The highest BCUT2D eigenvalue weighted by Gasteiger charge is 2.32. The molecule has 0 amide bonds. The molecule has 18 heavy (non-hydrogen) atoms. The molecule has 0 bridgehead atoms. The SMILES string of the molecule is CC1CC1CNc1c(Cl)cnn(CC2CC2)c1=O. The second-order valence-corrected chi connectivity index (χ2v) is 6.06. The van der Waals surface area contributed by atoms with E-state index in [-0.39, 0.29) is 5.56 Å². The Morgan fingerprint density at radius 1 is 1.56 bits per heavy atom. The van der Waals surface area contributed by atoms with Gasteiger partial charge in [0.1, 0.15) is 5.69 Å². The minimum absolute atomic E-state index is 0.0808. The van der Waals surface area contributed by atoms with E-state index in [0.717, 1.165) is 19.0 Å². The van der Waals surface area contributed by atoms with Gasteiger partial charge in [0.25, 0.3) is 5.56 Å². The molecule has 1 aromatic heterocycles. The zero-order valence-electron chi connectivity index (χ0n) is 10.5. The molecule has 1 N–H and O–H groups in total. The van der Waals surface area contributed by atoms with Crippen molar-refractivity contribution in [3.63, 3.8) is 0 Å². The highest BCUT2D eigenvalue weighted by molar-refractivity contribution is 6.32. The van der Waals surface area contributed by atoms with Crippen molar-refractivity contribution in [2.45, 2.75) is 32.7 Å². The first kappa shape index (κ1) is 12.0. The first-order valence-electron chi connectivity index (χ1n) is 6.64. The molecule has 0 aliphatic heterocycles. The number of hydrogen-bond donors (Lipinski definition) is 1. The van der Waals surface area contributed by atoms with Gasteiger partial charge in [0.05, 0.1) is 11.2 Å². The topological polar surface area (TPSA) is 46.9 Å². The van der Waals surface area contributed by atoms with Crippen LogP contribution in [0.5, 0.6) is 0 Å². The third-order valence-electron chi connectivity index (χ3n) is 3.94. The molecule has 3 rings (SSSR count). The van der Waals surface area contributed by atoms with Gasteiger partial charge in [0, 0.05) is 13.1 Å². The Bertz CT molecular complexity index is 509. The van der Waals surface area contributed by atoms with Gasteiger partial charge in [0.2, 0.25) is 0 Å². The maximum Gasteiger partial charge on any atom is 0.291 e. The Morgan fingerprint density at radius 2 is 2.28 bits per heavy atom. The number of nitrogens with zero attached hydrogens (tertiary/aromatic N) is 2. The molecular formula is C13H18ClN3O. The second-order valence-electron chi connectivity index (χ2n) is 5.65. The summed E-state index contributed by atoms with van der Waals surface area (Å²) in [6, 6.07) is 0. The molecule has 2 saturated carbocycles. The van der Waals surface area contributed by atoms with Crippen LogP contribution in [0, 0.1) is 17.8 Å². The Hall–Kier alpha value is -1.03. The lowest BCUT2D eigenvalue weighted by atomic mass is 10.3. The predicted molar refractivity (Wildman–Crippen MR) is 72.0 cm³/mol. The number of halogens is 1. The molecule has 0 spiro atoms. The average molecular weight is 268 g/mol. The van der Waals surface area contributed by atoms with Crippen LogP contribution in [0.15, 0.2) is 11.0 Å². The largest absolute Gasteiger partial charge is 0.379 e. The quantitative estimate of drug-likeness (QED) is 0.891. The van der Waals surface area contributed by atoms with E-state index in [2.05, 4.69) is 17.3 Å². The molecule has 1 heterocycles. The molecule has 2 aliphatic carbocycles. The Morgan fingerprint density at radius 3 is 2.89 bits per heavy atom. The van der Waals surface area contributed by atoms with Crippen LogP contribution in [0.2, 0.25) is 5.02 Å². The number of aromatic nitrogens is 2. The first-order chi connectivity index (χ1) is 8.65. The van der Waals surface area contributed by atoms with E-state index in [4.69, 9.17) is 11.6 Å². The van der Waals surface area contributed by atoms with Crippen molar-refractivity contribution in [2.75, 3.05) is 11.9 Å². The monoisotopic (exact) mass is 267 g/mol. The molecule has 0 saturated heterocycles. The number of anilines is 1. The van der Waals surface area contributed by atoms with Crippen molar-refractivity contribution in [3.05, 3.63) is 21.6 Å². The molecule has 4 nitrogen and oxygen atoms in total. The second kappa shape index (κ2) is 4.57. The minimum atomic E-state index is -0.0808. The summed E-state index contributed by atoms with van der Waals surface area (Å²) in [7, 11) is 0. The van der Waals surface area contributed by atoms with Crippen molar-refractivity contribution in [3.8, 4) is 0 Å². The van der Waals surface area contributed by atoms with Gasteiger partial charge in [-0.1, -0.05) is 18.5 Å². The molecule has 2 atom stereocenters. The normalized spacial score (nSPS) is 26.1. The molecule has 98 valence electrons. The fraction of sp³-hybridized carbons (Fsp3) is 0.692. The molecule has 0 aromatic carbocycles. The van der Waals surface area contributed by atoms with E-state index < -0.39 is 0 Å². The molecular weight excluding hydrogens is 250 g/mol. The van der Waals surface area contributed by atoms with Crippen molar-refractivity contribution >= 4 is 17.3 Å². The molecule has 2 unspecified atom stereocenters. The molecule has 5 heteroatoms. The van der Waals surface area contributed by atoms with Crippen LogP contribution in [-0.4, -0.2) is 16.3 Å². The van der Waals surface area contributed by atoms with Crippen molar-refractivity contribution in [2.24, 2.45) is 17.8 Å². The zero-order chi connectivity index (χ0) is 12.7. The summed E-state index contributed by atoms with van der Waals surface area (Å²) in [5, 5.41) is 7.74. The highest BCUT2D eigenvalue weighted by atomic mass is 35.5. The van der Waals surface area contributed by atoms with Crippen LogP contribution >= 0.6 is 11.6 Å². The van der Waals surface area contributed by atoms with E-state index in [1.807, 2.05) is 0 Å². The summed E-state index contributed by atoms with van der Waals surface area (Å²) < 4.78 is 1.54. The van der Waals surface area contributed by atoms with Crippen LogP contribution in [0.3, 0.4) is 0 Å². The van der Waals surface area contributed by atoms with Crippen LogP contribution in [0.1, 0.15) is 26.2 Å². The maximum absolute atomic E-state index is 12.2. The Balaban J connectivity index is 1.75. The molecule has 2 fully saturated rings. The first-order valence-corrected chi connectivity index (χ1v) is 7.02. The number of hydrogen-bond acceptors (Lipinski definition) is 3. The zero-order valence-corrected chi connectivity index (χ0v) is 11.3. The van der Waals surface area contributed by atoms with E-state index in [1.54, 1.807) is 10.9 Å². The molecule has 0 radical (unpaired) electrons. The third kappa shape index (κ3) is 2.53. The van der Waals surface area contributed by atoms with Crippen molar-refractivity contribution < 1.29 is 0 Å². The van der Waals surface area contributed by atoms with Gasteiger partial charge in [-0.05, 0) is 37.0 Å². The van der Waals surface area contributed by atoms with Crippen LogP contribution in [0.25, 0.3) is 0 Å². The van der Waals surface area contributed by atoms with Gasteiger partial charge >= 0.3 is 0 Å². The van der Waals surface area contributed by atoms with E-state index in [9.17, 15) is 4.79 Å². The Kier molecular flexibility index (Phi) is 3.06. The van der Waals surface area contributed by atoms with E-state index in [0.29, 0.717) is 22.5 Å². The molecule has 2 aliphatic rings. The standard InChI is InChI=1S/C13H18ClN3O/c1-8-4-10(8)5-15-12-11(14)6-16-17(13(12)18)7-9-2-3-9/h6,8-10,15H,2-5,7H2,1H3. The van der Waals surface area contributed by atoms with Crippen molar-refractivity contribution in [1.82, 2.24) is 9.78 Å². The maximum atomic E-state index is 12.2. The third-order valence-corrected chi connectivity index (χ3v) is 4.23. The average Bonchev–Trinajstić information content (AvgIpc) is 3.23. The lowest BCUT2D eigenvalue weighted by molar-refractivity contribution is 0.534. The fourth-order valence-corrected chi connectivity index (χ4v) is 2.41. The van der Waals surface area contributed by atoms with Crippen LogP contribution < -0.4 is 10.9 Å². The minimum Gasteiger partial charge on any atom is -0.379 e. The van der Waals surface area contributed by atoms with Gasteiger partial charge in [0.15, 0.2) is 0 Å². The summed E-state index contributed by atoms with van der Waals surface area (Å²) >= 11 is 6.06. The lowest BCUT2D eigenvalue weighted by Gasteiger charge is -2.10. The number of rotatable bonds is 5. The summed E-state index contributed by atoms with van der Waals surface area (Å²) in [5.74, 6) is 2.09. The smallest absolute Gasteiger partial charge is 0.291 e. The lowest BCUT2D eigenvalue weighted by Crippen LogP contribution is -2.27. The van der Waals surface area contributed by atoms with Crippen LogP contribution in [-0.2, 0) is 6.54 Å². The predicted octanol–water partition coefficient (Wildman–Crippen LogP) is 2.37. The van der Waals surface area contributed by atoms with Gasteiger partial charge in [-0.15, -0.1) is 0 Å². The van der Waals surface area contributed by atoms with Gasteiger partial charge in [-0.3, -0.25) is 4.79 Å². The van der Waals surface area contributed by atoms with Crippen LogP contribution in [0.4, 0.5) is 5.69 Å². The summed E-state index contributed by atoms with van der Waals surface area (Å²) in [4.78, 5) is 12.2. The number of nitrogens with one attached hydrogen (secondary N) is 1. The Labute approximate surface area is 111 Å².